The number of hydrogen-bond donors (Lipinski definition) is 1. The first-order valence-electron chi connectivity index (χ1n) is 11.0. The van der Waals surface area contributed by atoms with Crippen molar-refractivity contribution < 1.29 is 24.2 Å². The summed E-state index contributed by atoms with van der Waals surface area (Å²) in [5.74, 6) is -0.706. The molecular formula is C26H34O5. The highest BCUT2D eigenvalue weighted by atomic mass is 16.6. The van der Waals surface area contributed by atoms with Crippen LogP contribution in [-0.2, 0) is 19.9 Å². The van der Waals surface area contributed by atoms with E-state index >= 15 is 0 Å². The van der Waals surface area contributed by atoms with Crippen molar-refractivity contribution >= 4 is 11.9 Å². The van der Waals surface area contributed by atoms with Gasteiger partial charge in [0.05, 0.1) is 11.3 Å². The van der Waals surface area contributed by atoms with Gasteiger partial charge >= 0.3 is 11.9 Å². The topological polar surface area (TPSA) is 72.8 Å². The van der Waals surface area contributed by atoms with Crippen LogP contribution in [0.2, 0.25) is 0 Å². The Morgan fingerprint density at radius 3 is 2.03 bits per heavy atom. The van der Waals surface area contributed by atoms with Crippen LogP contribution in [0.1, 0.15) is 65.9 Å². The van der Waals surface area contributed by atoms with Gasteiger partial charge in [-0.25, -0.2) is 0 Å². The molecule has 0 aliphatic carbocycles. The number of carbonyl (C=O) groups is 2. The number of benzene rings is 2. The molecule has 0 aliphatic rings. The van der Waals surface area contributed by atoms with E-state index in [0.717, 1.165) is 5.56 Å². The van der Waals surface area contributed by atoms with Gasteiger partial charge in [0.15, 0.2) is 0 Å². The van der Waals surface area contributed by atoms with Crippen molar-refractivity contribution in [2.45, 2.75) is 65.9 Å². The number of ether oxygens (including phenoxy) is 2. The monoisotopic (exact) mass is 426 g/mol. The second kappa shape index (κ2) is 10.5. The van der Waals surface area contributed by atoms with Crippen LogP contribution in [0.15, 0.2) is 54.6 Å². The largest absolute Gasteiger partial charge is 0.508 e. The minimum Gasteiger partial charge on any atom is -0.508 e. The zero-order valence-corrected chi connectivity index (χ0v) is 19.2. The molecule has 0 bridgehead atoms. The van der Waals surface area contributed by atoms with Gasteiger partial charge in [0, 0.05) is 0 Å². The molecule has 0 heterocycles. The number of esters is 2. The predicted octanol–water partition coefficient (Wildman–Crippen LogP) is 6.00. The molecule has 0 saturated heterocycles. The Balaban J connectivity index is 2.13. The third kappa shape index (κ3) is 6.09. The molecule has 5 heteroatoms. The lowest BCUT2D eigenvalue weighted by molar-refractivity contribution is -0.174. The molecule has 0 spiro atoms. The molecular weight excluding hydrogens is 392 g/mol. The van der Waals surface area contributed by atoms with Crippen LogP contribution in [0.25, 0.3) is 0 Å². The van der Waals surface area contributed by atoms with Crippen LogP contribution in [0, 0.1) is 11.3 Å². The van der Waals surface area contributed by atoms with Gasteiger partial charge in [-0.05, 0) is 69.4 Å². The Hall–Kier alpha value is -2.82. The molecule has 31 heavy (non-hydrogen) atoms. The maximum Gasteiger partial charge on any atom is 0.314 e. The fraction of sp³-hybridized carbons (Fsp3) is 0.462. The van der Waals surface area contributed by atoms with Crippen LogP contribution in [0.4, 0.5) is 0 Å². The number of carbonyl (C=O) groups excluding carboxylic acids is 2. The van der Waals surface area contributed by atoms with E-state index in [2.05, 4.69) is 0 Å². The van der Waals surface area contributed by atoms with Crippen molar-refractivity contribution in [1.29, 1.82) is 0 Å². The van der Waals surface area contributed by atoms with Crippen LogP contribution in [-0.4, -0.2) is 17.0 Å². The van der Waals surface area contributed by atoms with E-state index in [1.807, 2.05) is 65.0 Å². The molecule has 168 valence electrons. The molecule has 0 aromatic heterocycles. The van der Waals surface area contributed by atoms with E-state index in [1.165, 1.54) is 24.3 Å². The summed E-state index contributed by atoms with van der Waals surface area (Å²) in [6, 6.07) is 15.8. The van der Waals surface area contributed by atoms with E-state index in [9.17, 15) is 14.7 Å². The number of phenolic OH excluding ortho intramolecular Hbond substituents is 1. The molecule has 1 N–H and O–H groups in total. The SMILES string of the molecule is CCC(CC(C)(C)C(=O)OC(CC)(CC)c1ccccc1)C(=O)Oc1ccc(O)cc1. The zero-order chi connectivity index (χ0) is 23.1. The summed E-state index contributed by atoms with van der Waals surface area (Å²) >= 11 is 0. The van der Waals surface area contributed by atoms with E-state index in [0.29, 0.717) is 31.4 Å². The Bertz CT molecular complexity index is 851. The minimum absolute atomic E-state index is 0.101. The Morgan fingerprint density at radius 1 is 0.935 bits per heavy atom. The standard InChI is InChI=1S/C26H34O5/c1-6-19(23(28)30-22-16-14-21(27)15-17-22)18-25(4,5)24(29)31-26(7-2,8-3)20-12-10-9-11-13-20/h9-17,19,27H,6-8,18H2,1-5H3. The fourth-order valence-electron chi connectivity index (χ4n) is 3.73. The van der Waals surface area contributed by atoms with Gasteiger partial charge in [-0.3, -0.25) is 9.59 Å². The normalized spacial score (nSPS) is 12.8. The van der Waals surface area contributed by atoms with Crippen LogP contribution < -0.4 is 4.74 Å². The molecule has 0 radical (unpaired) electrons. The third-order valence-electron chi connectivity index (χ3n) is 5.92. The highest BCUT2D eigenvalue weighted by molar-refractivity contribution is 5.79. The molecule has 2 rings (SSSR count). The summed E-state index contributed by atoms with van der Waals surface area (Å²) in [7, 11) is 0. The Kier molecular flexibility index (Phi) is 8.26. The summed E-state index contributed by atoms with van der Waals surface area (Å²) < 4.78 is 11.6. The smallest absolute Gasteiger partial charge is 0.314 e. The van der Waals surface area contributed by atoms with Gasteiger partial charge in [-0.15, -0.1) is 0 Å². The second-order valence-electron chi connectivity index (χ2n) is 8.57. The van der Waals surface area contributed by atoms with Crippen LogP contribution >= 0.6 is 0 Å². The van der Waals surface area contributed by atoms with Crippen molar-refractivity contribution in [1.82, 2.24) is 0 Å². The van der Waals surface area contributed by atoms with Gasteiger partial charge in [0.25, 0.3) is 0 Å². The molecule has 0 saturated carbocycles. The van der Waals surface area contributed by atoms with Crippen LogP contribution in [0.5, 0.6) is 11.5 Å². The van der Waals surface area contributed by atoms with E-state index in [-0.39, 0.29) is 11.7 Å². The van der Waals surface area contributed by atoms with Crippen LogP contribution in [0.3, 0.4) is 0 Å². The molecule has 2 aromatic carbocycles. The quantitative estimate of drug-likeness (QED) is 0.373. The lowest BCUT2D eigenvalue weighted by Gasteiger charge is -2.36. The van der Waals surface area contributed by atoms with E-state index in [1.54, 1.807) is 0 Å². The number of hydrogen-bond acceptors (Lipinski definition) is 5. The average Bonchev–Trinajstić information content (AvgIpc) is 2.77. The zero-order valence-electron chi connectivity index (χ0n) is 19.2. The predicted molar refractivity (Wildman–Crippen MR) is 121 cm³/mol. The maximum atomic E-state index is 13.2. The van der Waals surface area contributed by atoms with E-state index < -0.39 is 22.9 Å². The highest BCUT2D eigenvalue weighted by Gasteiger charge is 2.40. The number of rotatable bonds is 10. The van der Waals surface area contributed by atoms with Crippen molar-refractivity contribution in [3.05, 3.63) is 60.2 Å². The van der Waals surface area contributed by atoms with Crippen molar-refractivity contribution in [3.8, 4) is 11.5 Å². The third-order valence-corrected chi connectivity index (χ3v) is 5.92. The second-order valence-corrected chi connectivity index (χ2v) is 8.57. The maximum absolute atomic E-state index is 13.2. The summed E-state index contributed by atoms with van der Waals surface area (Å²) in [5, 5.41) is 9.38. The summed E-state index contributed by atoms with van der Waals surface area (Å²) in [6.07, 6.45) is 2.18. The minimum atomic E-state index is -0.862. The number of aromatic hydroxyl groups is 1. The van der Waals surface area contributed by atoms with Gasteiger partial charge < -0.3 is 14.6 Å². The van der Waals surface area contributed by atoms with Gasteiger partial charge in [0.1, 0.15) is 17.1 Å². The van der Waals surface area contributed by atoms with Gasteiger partial charge in [0.2, 0.25) is 0 Å². The lowest BCUT2D eigenvalue weighted by Crippen LogP contribution is -2.39. The molecule has 1 unspecified atom stereocenters. The lowest BCUT2D eigenvalue weighted by atomic mass is 9.81. The summed E-state index contributed by atoms with van der Waals surface area (Å²) in [4.78, 5) is 26.0. The summed E-state index contributed by atoms with van der Waals surface area (Å²) in [6.45, 7) is 9.55. The summed E-state index contributed by atoms with van der Waals surface area (Å²) in [5.41, 5.74) is -0.578. The average molecular weight is 427 g/mol. The first-order valence-corrected chi connectivity index (χ1v) is 11.0. The first kappa shape index (κ1) is 24.4. The van der Waals surface area contributed by atoms with Gasteiger partial charge in [-0.2, -0.15) is 0 Å². The van der Waals surface area contributed by atoms with Crippen molar-refractivity contribution in [2.24, 2.45) is 11.3 Å². The number of phenols is 1. The van der Waals surface area contributed by atoms with Crippen molar-refractivity contribution in [2.75, 3.05) is 0 Å². The highest BCUT2D eigenvalue weighted by Crippen LogP contribution is 2.38. The Morgan fingerprint density at radius 2 is 1.52 bits per heavy atom. The molecule has 1 atom stereocenters. The van der Waals surface area contributed by atoms with Crippen molar-refractivity contribution in [3.63, 3.8) is 0 Å². The molecule has 5 nitrogen and oxygen atoms in total. The Labute approximate surface area is 185 Å². The molecule has 0 aliphatic heterocycles. The van der Waals surface area contributed by atoms with E-state index in [4.69, 9.17) is 9.47 Å². The van der Waals surface area contributed by atoms with Gasteiger partial charge in [-0.1, -0.05) is 51.1 Å². The molecule has 0 fully saturated rings. The molecule has 0 amide bonds. The first-order chi connectivity index (χ1) is 14.7. The fourth-order valence-corrected chi connectivity index (χ4v) is 3.73. The molecule has 2 aromatic rings.